The summed E-state index contributed by atoms with van der Waals surface area (Å²) in [5, 5.41) is 0. The number of rotatable bonds is 11. The molecule has 45 heavy (non-hydrogen) atoms. The smallest absolute Gasteiger partial charge is 0.0559 e. The molecule has 0 fully saturated rings. The van der Waals surface area contributed by atoms with Crippen LogP contribution in [0.25, 0.3) is 16.7 Å². The minimum atomic E-state index is 0.265. The lowest BCUT2D eigenvalue weighted by molar-refractivity contribution is 0.785. The second-order valence-electron chi connectivity index (χ2n) is 11.0. The maximum Gasteiger partial charge on any atom is 0.0559 e. The molecule has 0 spiro atoms. The first-order chi connectivity index (χ1) is 22.3. The predicted octanol–water partition coefficient (Wildman–Crippen LogP) is 11.3. The van der Waals surface area contributed by atoms with Gasteiger partial charge in [0.05, 0.1) is 6.04 Å². The Hall–Kier alpha value is -5.60. The van der Waals surface area contributed by atoms with Crippen LogP contribution in [0.4, 0.5) is 22.7 Å². The minimum Gasteiger partial charge on any atom is -0.338 e. The van der Waals surface area contributed by atoms with Gasteiger partial charge in [0.1, 0.15) is 0 Å². The second kappa shape index (κ2) is 14.7. The molecule has 220 valence electrons. The quantitative estimate of drug-likeness (QED) is 0.143. The van der Waals surface area contributed by atoms with Crippen LogP contribution in [0.1, 0.15) is 12.0 Å². The first-order valence-electron chi connectivity index (χ1n) is 15.6. The van der Waals surface area contributed by atoms with Crippen molar-refractivity contribution in [1.82, 2.24) is 0 Å². The van der Waals surface area contributed by atoms with Crippen molar-refractivity contribution < 1.29 is 0 Å². The summed E-state index contributed by atoms with van der Waals surface area (Å²) in [6.07, 6.45) is 18.1. The average molecular weight is 583 g/mol. The van der Waals surface area contributed by atoms with Gasteiger partial charge >= 0.3 is 0 Å². The minimum absolute atomic E-state index is 0.265. The van der Waals surface area contributed by atoms with Crippen LogP contribution in [0.3, 0.4) is 0 Å². The Bertz CT molecular complexity index is 1780. The van der Waals surface area contributed by atoms with Crippen molar-refractivity contribution in [1.29, 1.82) is 0 Å². The molecule has 1 aliphatic rings. The summed E-state index contributed by atoms with van der Waals surface area (Å²) in [6.45, 7) is 4.66. The molecule has 0 heterocycles. The molecular weight excluding hydrogens is 544 g/mol. The zero-order valence-electron chi connectivity index (χ0n) is 25.5. The van der Waals surface area contributed by atoms with Crippen molar-refractivity contribution >= 4 is 28.3 Å². The molecular formula is C43H38N2. The van der Waals surface area contributed by atoms with Gasteiger partial charge < -0.3 is 9.80 Å². The molecule has 1 atom stereocenters. The molecule has 0 amide bonds. The van der Waals surface area contributed by atoms with Crippen LogP contribution in [-0.4, -0.2) is 12.6 Å². The van der Waals surface area contributed by atoms with E-state index < -0.39 is 0 Å². The molecule has 0 saturated carbocycles. The Labute approximate surface area is 267 Å². The van der Waals surface area contributed by atoms with Gasteiger partial charge in [0.15, 0.2) is 0 Å². The lowest BCUT2D eigenvalue weighted by atomic mass is 10.0. The summed E-state index contributed by atoms with van der Waals surface area (Å²) < 4.78 is 0. The SMILES string of the molecule is C=C/C=C(\C=C/CN(c1ccc(-c2ccccc2)cc1)c1ccc(N(c2ccccc2)C2C=CC=CC2)cc1)c1ccccc1. The van der Waals surface area contributed by atoms with E-state index in [0.29, 0.717) is 6.54 Å². The highest BCUT2D eigenvalue weighted by atomic mass is 15.2. The van der Waals surface area contributed by atoms with Crippen LogP contribution >= 0.6 is 0 Å². The number of hydrogen-bond acceptors (Lipinski definition) is 2. The van der Waals surface area contributed by atoms with E-state index in [1.54, 1.807) is 0 Å². The molecule has 5 aromatic carbocycles. The van der Waals surface area contributed by atoms with Gasteiger partial charge in [-0.1, -0.05) is 146 Å². The van der Waals surface area contributed by atoms with Crippen LogP contribution in [0.2, 0.25) is 0 Å². The Balaban J connectivity index is 1.32. The fourth-order valence-electron chi connectivity index (χ4n) is 5.79. The van der Waals surface area contributed by atoms with Crippen LogP contribution in [0.5, 0.6) is 0 Å². The fraction of sp³-hybridized carbons (Fsp3) is 0.0698. The standard InChI is InChI=1S/C43H38N2/c1-2-16-35(36-17-7-3-8-18-36)21-15-34-44(39-28-26-38(27-29-39)37-19-9-4-10-20-37)40-30-32-43(33-31-40)45(41-22-11-5-12-23-41)42-24-13-6-14-25-42/h2-24,26-33,42H,1,25,34H2/b21-15-,35-16+. The Morgan fingerprint density at radius 1 is 0.622 bits per heavy atom. The van der Waals surface area contributed by atoms with E-state index in [2.05, 4.69) is 192 Å². The fourth-order valence-corrected chi connectivity index (χ4v) is 5.79. The third kappa shape index (κ3) is 7.31. The first kappa shape index (κ1) is 29.5. The Kier molecular flexibility index (Phi) is 9.64. The molecule has 0 aromatic heterocycles. The summed E-state index contributed by atoms with van der Waals surface area (Å²) in [7, 11) is 0. The van der Waals surface area contributed by atoms with Crippen LogP contribution in [0.15, 0.2) is 195 Å². The number of hydrogen-bond donors (Lipinski definition) is 0. The van der Waals surface area contributed by atoms with E-state index in [9.17, 15) is 0 Å². The van der Waals surface area contributed by atoms with Gasteiger partial charge in [-0.25, -0.2) is 0 Å². The van der Waals surface area contributed by atoms with E-state index in [4.69, 9.17) is 0 Å². The molecule has 6 rings (SSSR count). The zero-order valence-corrected chi connectivity index (χ0v) is 25.5. The van der Waals surface area contributed by atoms with Crippen LogP contribution in [0, 0.1) is 0 Å². The van der Waals surface area contributed by atoms with Crippen LogP contribution < -0.4 is 9.80 Å². The van der Waals surface area contributed by atoms with Crippen LogP contribution in [-0.2, 0) is 0 Å². The number of nitrogens with zero attached hydrogens (tertiary/aromatic N) is 2. The highest BCUT2D eigenvalue weighted by Crippen LogP contribution is 2.34. The van der Waals surface area contributed by atoms with Crippen molar-refractivity contribution in [3.63, 3.8) is 0 Å². The summed E-state index contributed by atoms with van der Waals surface area (Å²) in [5.41, 5.74) is 9.36. The van der Waals surface area contributed by atoms with Gasteiger partial charge in [-0.2, -0.15) is 0 Å². The Morgan fingerprint density at radius 3 is 1.80 bits per heavy atom. The topological polar surface area (TPSA) is 6.48 Å². The van der Waals surface area contributed by atoms with Gasteiger partial charge in [-0.3, -0.25) is 0 Å². The molecule has 0 N–H and O–H groups in total. The van der Waals surface area contributed by atoms with Crippen molar-refractivity contribution in [3.05, 3.63) is 200 Å². The van der Waals surface area contributed by atoms with Gasteiger partial charge in [-0.05, 0) is 77.2 Å². The summed E-state index contributed by atoms with van der Waals surface area (Å²) in [5.74, 6) is 0. The van der Waals surface area contributed by atoms with E-state index in [0.717, 1.165) is 23.4 Å². The summed E-state index contributed by atoms with van der Waals surface area (Å²) in [4.78, 5) is 4.79. The van der Waals surface area contributed by atoms with Crippen molar-refractivity contribution in [2.75, 3.05) is 16.3 Å². The normalized spacial score (nSPS) is 14.4. The molecule has 2 heteroatoms. The highest BCUT2D eigenvalue weighted by Gasteiger charge is 2.19. The predicted molar refractivity (Wildman–Crippen MR) is 194 cm³/mol. The maximum absolute atomic E-state index is 3.94. The van der Waals surface area contributed by atoms with Gasteiger partial charge in [0.25, 0.3) is 0 Å². The van der Waals surface area contributed by atoms with E-state index >= 15 is 0 Å². The molecule has 0 saturated heterocycles. The molecule has 0 bridgehead atoms. The third-order valence-corrected chi connectivity index (χ3v) is 8.04. The average Bonchev–Trinajstić information content (AvgIpc) is 3.12. The maximum atomic E-state index is 3.94. The monoisotopic (exact) mass is 582 g/mol. The number of anilines is 4. The summed E-state index contributed by atoms with van der Waals surface area (Å²) in [6, 6.07) is 49.7. The van der Waals surface area contributed by atoms with Crippen molar-refractivity contribution in [2.45, 2.75) is 12.5 Å². The second-order valence-corrected chi connectivity index (χ2v) is 11.0. The van der Waals surface area contributed by atoms with E-state index in [-0.39, 0.29) is 6.04 Å². The lowest BCUT2D eigenvalue weighted by Crippen LogP contribution is -2.29. The van der Waals surface area contributed by atoms with E-state index in [1.165, 1.54) is 28.1 Å². The molecule has 0 radical (unpaired) electrons. The number of para-hydroxylation sites is 1. The van der Waals surface area contributed by atoms with E-state index in [1.807, 2.05) is 12.1 Å². The lowest BCUT2D eigenvalue weighted by Gasteiger charge is -2.33. The molecule has 5 aromatic rings. The first-order valence-corrected chi connectivity index (χ1v) is 15.6. The van der Waals surface area contributed by atoms with Gasteiger partial charge in [0, 0.05) is 29.3 Å². The van der Waals surface area contributed by atoms with Crippen molar-refractivity contribution in [2.24, 2.45) is 0 Å². The van der Waals surface area contributed by atoms with Gasteiger partial charge in [0.2, 0.25) is 0 Å². The van der Waals surface area contributed by atoms with Gasteiger partial charge in [-0.15, -0.1) is 0 Å². The molecule has 1 aliphatic carbocycles. The Morgan fingerprint density at radius 2 is 1.18 bits per heavy atom. The zero-order chi connectivity index (χ0) is 30.7. The highest BCUT2D eigenvalue weighted by molar-refractivity contribution is 5.76. The summed E-state index contributed by atoms with van der Waals surface area (Å²) >= 11 is 0. The third-order valence-electron chi connectivity index (χ3n) is 8.04. The number of benzene rings is 5. The molecule has 1 unspecified atom stereocenters. The molecule has 2 nitrogen and oxygen atoms in total. The number of allylic oxidation sites excluding steroid dienone is 6. The van der Waals surface area contributed by atoms with Crippen molar-refractivity contribution in [3.8, 4) is 11.1 Å². The largest absolute Gasteiger partial charge is 0.338 e. The molecule has 0 aliphatic heterocycles.